The largest absolute Gasteiger partial charge is 0.469 e. The minimum atomic E-state index is 0.121. The Morgan fingerprint density at radius 1 is 1.36 bits per heavy atom. The third-order valence-electron chi connectivity index (χ3n) is 3.48. The molecule has 2 aliphatic carbocycles. The Kier molecular flexibility index (Phi) is 1.55. The summed E-state index contributed by atoms with van der Waals surface area (Å²) < 4.78 is 5.42. The highest BCUT2D eigenvalue weighted by Crippen LogP contribution is 2.52. The van der Waals surface area contributed by atoms with Crippen molar-refractivity contribution in [3.05, 3.63) is 36.3 Å². The predicted octanol–water partition coefficient (Wildman–Crippen LogP) is 2.71. The number of hydrogen-bond donors (Lipinski definition) is 0. The molecule has 4 atom stereocenters. The van der Waals surface area contributed by atoms with Gasteiger partial charge in [-0.25, -0.2) is 0 Å². The fourth-order valence-corrected chi connectivity index (χ4v) is 2.87. The first-order chi connectivity index (χ1) is 6.90. The lowest BCUT2D eigenvalue weighted by Crippen LogP contribution is -2.15. The highest BCUT2D eigenvalue weighted by molar-refractivity contribution is 5.27. The molecule has 1 heterocycles. The molecule has 0 aliphatic heterocycles. The maximum atomic E-state index is 9.13. The predicted molar refractivity (Wildman–Crippen MR) is 51.3 cm³/mol. The molecule has 70 valence electrons. The van der Waals surface area contributed by atoms with Gasteiger partial charge in [-0.05, 0) is 30.4 Å². The van der Waals surface area contributed by atoms with Crippen LogP contribution in [0.3, 0.4) is 0 Å². The van der Waals surface area contributed by atoms with E-state index in [1.54, 1.807) is 6.26 Å². The van der Waals surface area contributed by atoms with Crippen LogP contribution in [-0.4, -0.2) is 0 Å². The topological polar surface area (TPSA) is 36.9 Å². The molecular weight excluding hydrogens is 174 g/mol. The first-order valence-corrected chi connectivity index (χ1v) is 5.01. The van der Waals surface area contributed by atoms with Crippen LogP contribution < -0.4 is 0 Å². The zero-order valence-electron chi connectivity index (χ0n) is 7.76. The molecule has 14 heavy (non-hydrogen) atoms. The maximum Gasteiger partial charge on any atom is 0.108 e. The van der Waals surface area contributed by atoms with E-state index in [1.807, 2.05) is 12.1 Å². The van der Waals surface area contributed by atoms with E-state index in [9.17, 15) is 0 Å². The Labute approximate surface area is 82.8 Å². The van der Waals surface area contributed by atoms with Gasteiger partial charge in [-0.15, -0.1) is 0 Å². The fourth-order valence-electron chi connectivity index (χ4n) is 2.87. The van der Waals surface area contributed by atoms with Gasteiger partial charge in [0.2, 0.25) is 0 Å². The van der Waals surface area contributed by atoms with Crippen molar-refractivity contribution in [2.75, 3.05) is 0 Å². The molecule has 0 aromatic carbocycles. The van der Waals surface area contributed by atoms with Crippen LogP contribution in [0, 0.1) is 29.1 Å². The second kappa shape index (κ2) is 2.75. The molecule has 1 aromatic rings. The van der Waals surface area contributed by atoms with Gasteiger partial charge in [0.25, 0.3) is 0 Å². The quantitative estimate of drug-likeness (QED) is 0.631. The van der Waals surface area contributed by atoms with Crippen molar-refractivity contribution in [3.8, 4) is 6.07 Å². The minimum Gasteiger partial charge on any atom is -0.469 e. The van der Waals surface area contributed by atoms with E-state index in [0.717, 1.165) is 12.2 Å². The number of nitriles is 1. The van der Waals surface area contributed by atoms with Gasteiger partial charge in [0, 0.05) is 5.92 Å². The molecule has 2 nitrogen and oxygen atoms in total. The highest BCUT2D eigenvalue weighted by Gasteiger charge is 2.46. The normalized spacial score (nSPS) is 38.8. The molecule has 2 bridgehead atoms. The fraction of sp³-hybridized carbons (Fsp3) is 0.417. The molecule has 0 unspecified atom stereocenters. The molecule has 1 aromatic heterocycles. The molecule has 0 radical (unpaired) electrons. The van der Waals surface area contributed by atoms with Crippen molar-refractivity contribution in [1.82, 2.24) is 0 Å². The first kappa shape index (κ1) is 7.87. The van der Waals surface area contributed by atoms with Crippen LogP contribution in [0.2, 0.25) is 0 Å². The number of fused-ring (bicyclic) bond motifs is 2. The SMILES string of the molecule is N#C[C@H]1[C@@H](c2ccco2)[C@@H]2C=C[C@H]1C2. The van der Waals surface area contributed by atoms with E-state index in [-0.39, 0.29) is 5.92 Å². The van der Waals surface area contributed by atoms with Crippen LogP contribution in [0.25, 0.3) is 0 Å². The van der Waals surface area contributed by atoms with Gasteiger partial charge in [0.1, 0.15) is 5.76 Å². The molecule has 1 saturated carbocycles. The summed E-state index contributed by atoms with van der Waals surface area (Å²) in [7, 11) is 0. The maximum absolute atomic E-state index is 9.13. The summed E-state index contributed by atoms with van der Waals surface area (Å²) in [4.78, 5) is 0. The summed E-state index contributed by atoms with van der Waals surface area (Å²) in [5.74, 6) is 2.38. The molecule has 1 fully saturated rings. The van der Waals surface area contributed by atoms with Crippen molar-refractivity contribution in [3.63, 3.8) is 0 Å². The molecular formula is C12H11NO. The molecule has 2 heteroatoms. The summed E-state index contributed by atoms with van der Waals surface area (Å²) >= 11 is 0. The van der Waals surface area contributed by atoms with E-state index in [0.29, 0.717) is 17.8 Å². The van der Waals surface area contributed by atoms with Gasteiger partial charge in [-0.2, -0.15) is 5.26 Å². The van der Waals surface area contributed by atoms with Crippen molar-refractivity contribution in [2.45, 2.75) is 12.3 Å². The average Bonchev–Trinajstić information content (AvgIpc) is 2.92. The second-order valence-electron chi connectivity index (χ2n) is 4.14. The summed E-state index contributed by atoms with van der Waals surface area (Å²) in [6.45, 7) is 0. The van der Waals surface area contributed by atoms with E-state index < -0.39 is 0 Å². The van der Waals surface area contributed by atoms with E-state index in [4.69, 9.17) is 9.68 Å². The molecule has 3 rings (SSSR count). The lowest BCUT2D eigenvalue weighted by atomic mass is 9.82. The second-order valence-corrected chi connectivity index (χ2v) is 4.14. The Hall–Kier alpha value is -1.49. The van der Waals surface area contributed by atoms with E-state index >= 15 is 0 Å². The van der Waals surface area contributed by atoms with Gasteiger partial charge < -0.3 is 4.42 Å². The number of hydrogen-bond acceptors (Lipinski definition) is 2. The Balaban J connectivity index is 2.01. The van der Waals surface area contributed by atoms with Gasteiger partial charge in [0.05, 0.1) is 18.3 Å². The highest BCUT2D eigenvalue weighted by atomic mass is 16.3. The number of furan rings is 1. The number of nitrogens with zero attached hydrogens (tertiary/aromatic N) is 1. The summed E-state index contributed by atoms with van der Waals surface area (Å²) in [5.41, 5.74) is 0. The van der Waals surface area contributed by atoms with Gasteiger partial charge in [0.15, 0.2) is 0 Å². The van der Waals surface area contributed by atoms with Gasteiger partial charge in [-0.3, -0.25) is 0 Å². The van der Waals surface area contributed by atoms with Gasteiger partial charge >= 0.3 is 0 Å². The van der Waals surface area contributed by atoms with Crippen molar-refractivity contribution >= 4 is 0 Å². The van der Waals surface area contributed by atoms with Crippen LogP contribution >= 0.6 is 0 Å². The number of rotatable bonds is 1. The van der Waals surface area contributed by atoms with Crippen LogP contribution in [0.1, 0.15) is 18.1 Å². The van der Waals surface area contributed by atoms with Crippen LogP contribution in [0.4, 0.5) is 0 Å². The Morgan fingerprint density at radius 3 is 2.93 bits per heavy atom. The van der Waals surface area contributed by atoms with E-state index in [1.165, 1.54) is 0 Å². The third-order valence-corrected chi connectivity index (χ3v) is 3.48. The van der Waals surface area contributed by atoms with Crippen molar-refractivity contribution < 1.29 is 4.42 Å². The van der Waals surface area contributed by atoms with E-state index in [2.05, 4.69) is 18.2 Å². The van der Waals surface area contributed by atoms with Crippen molar-refractivity contribution in [2.24, 2.45) is 17.8 Å². The third kappa shape index (κ3) is 0.899. The van der Waals surface area contributed by atoms with Gasteiger partial charge in [-0.1, -0.05) is 12.2 Å². The zero-order valence-corrected chi connectivity index (χ0v) is 7.76. The summed E-state index contributed by atoms with van der Waals surface area (Å²) in [6.07, 6.45) is 7.26. The standard InChI is InChI=1S/C12H11NO/c13-7-10-8-3-4-9(6-8)12(10)11-2-1-5-14-11/h1-5,8-10,12H,6H2/t8-,9+,10+,12-/m0/s1. The molecule has 0 saturated heterocycles. The minimum absolute atomic E-state index is 0.121. The molecule has 0 spiro atoms. The Bertz CT molecular complexity index is 398. The lowest BCUT2D eigenvalue weighted by Gasteiger charge is -2.20. The summed E-state index contributed by atoms with van der Waals surface area (Å²) in [6, 6.07) is 6.31. The monoisotopic (exact) mass is 185 g/mol. The number of allylic oxidation sites excluding steroid dienone is 2. The lowest BCUT2D eigenvalue weighted by molar-refractivity contribution is 0.389. The van der Waals surface area contributed by atoms with Crippen LogP contribution in [0.15, 0.2) is 35.0 Å². The van der Waals surface area contributed by atoms with Crippen LogP contribution in [0.5, 0.6) is 0 Å². The average molecular weight is 185 g/mol. The molecule has 0 N–H and O–H groups in total. The first-order valence-electron chi connectivity index (χ1n) is 5.01. The molecule has 2 aliphatic rings. The molecule has 0 amide bonds. The van der Waals surface area contributed by atoms with Crippen molar-refractivity contribution in [1.29, 1.82) is 5.26 Å². The zero-order chi connectivity index (χ0) is 9.54. The Morgan fingerprint density at radius 2 is 2.21 bits per heavy atom. The smallest absolute Gasteiger partial charge is 0.108 e. The van der Waals surface area contributed by atoms with Crippen LogP contribution in [-0.2, 0) is 0 Å². The summed E-state index contributed by atoms with van der Waals surface area (Å²) in [5, 5.41) is 9.13.